The highest BCUT2D eigenvalue weighted by molar-refractivity contribution is 8.16. The minimum absolute atomic E-state index is 0.0287. The number of carbonyl (C=O) groups excluding carboxylic acids is 2. The highest BCUT2D eigenvalue weighted by atomic mass is 32.2. The first-order valence-electron chi connectivity index (χ1n) is 12.2. The van der Waals surface area contributed by atoms with Gasteiger partial charge in [0.15, 0.2) is 5.17 Å². The van der Waals surface area contributed by atoms with E-state index in [0.29, 0.717) is 49.9 Å². The van der Waals surface area contributed by atoms with E-state index in [9.17, 15) is 9.59 Å². The number of methoxy groups -OCH3 is 1. The number of ether oxygens (including phenoxy) is 3. The predicted octanol–water partition coefficient (Wildman–Crippen LogP) is 4.26. The number of rotatable bonds is 7. The monoisotopic (exact) mass is 519 g/mol. The van der Waals surface area contributed by atoms with Crippen LogP contribution >= 0.6 is 11.8 Å². The van der Waals surface area contributed by atoms with Crippen LogP contribution in [0.2, 0.25) is 0 Å². The lowest BCUT2D eigenvalue weighted by atomic mass is 9.93. The molecule has 5 rings (SSSR count). The molecule has 2 aromatic carbocycles. The molecule has 0 N–H and O–H groups in total. The van der Waals surface area contributed by atoms with Crippen LogP contribution in [0, 0.1) is 0 Å². The highest BCUT2D eigenvalue weighted by Crippen LogP contribution is 2.45. The molecule has 8 nitrogen and oxygen atoms in total. The maximum absolute atomic E-state index is 13.1. The zero-order chi connectivity index (χ0) is 25.8. The number of allylic oxidation sites excluding steroid dienone is 1. The Morgan fingerprint density at radius 3 is 2.65 bits per heavy atom. The second kappa shape index (κ2) is 11.2. The van der Waals surface area contributed by atoms with Gasteiger partial charge < -0.3 is 24.0 Å². The second-order valence-electron chi connectivity index (χ2n) is 8.90. The number of carbonyl (C=O) groups is 2. The summed E-state index contributed by atoms with van der Waals surface area (Å²) in [6.45, 7) is 4.50. The van der Waals surface area contributed by atoms with Gasteiger partial charge in [0.05, 0.1) is 44.1 Å². The van der Waals surface area contributed by atoms with Gasteiger partial charge in [-0.3, -0.25) is 4.79 Å². The minimum Gasteiger partial charge on any atom is -0.489 e. The number of fused-ring (bicyclic) bond motifs is 1. The lowest BCUT2D eigenvalue weighted by molar-refractivity contribution is -0.136. The van der Waals surface area contributed by atoms with E-state index in [-0.39, 0.29) is 12.3 Å². The van der Waals surface area contributed by atoms with Gasteiger partial charge in [-0.25, -0.2) is 9.79 Å². The fraction of sp³-hybridized carbons (Fsp3) is 0.321. The van der Waals surface area contributed by atoms with Crippen LogP contribution in [-0.4, -0.2) is 60.3 Å². The summed E-state index contributed by atoms with van der Waals surface area (Å²) in [7, 11) is 1.37. The molecular formula is C28H29N3O5S. The zero-order valence-electron chi connectivity index (χ0n) is 20.9. The van der Waals surface area contributed by atoms with Crippen molar-refractivity contribution in [1.82, 2.24) is 9.80 Å². The van der Waals surface area contributed by atoms with E-state index >= 15 is 0 Å². The van der Waals surface area contributed by atoms with Gasteiger partial charge in [-0.05, 0) is 35.6 Å². The number of aliphatic imine (C=N–C) groups is 1. The van der Waals surface area contributed by atoms with Crippen molar-refractivity contribution in [2.24, 2.45) is 4.99 Å². The van der Waals surface area contributed by atoms with Gasteiger partial charge in [-0.1, -0.05) is 54.2 Å². The first-order valence-corrected chi connectivity index (χ1v) is 13.1. The smallest absolute Gasteiger partial charge is 0.338 e. The van der Waals surface area contributed by atoms with Gasteiger partial charge in [0.25, 0.3) is 0 Å². The summed E-state index contributed by atoms with van der Waals surface area (Å²) < 4.78 is 16.6. The number of thioether (sulfide) groups is 1. The average Bonchev–Trinajstić information content (AvgIpc) is 3.33. The normalized spacial score (nSPS) is 19.2. The number of hydrogen-bond donors (Lipinski definition) is 0. The molecule has 3 aliphatic heterocycles. The summed E-state index contributed by atoms with van der Waals surface area (Å²) in [5, 5.41) is 2.68. The van der Waals surface area contributed by atoms with Crippen molar-refractivity contribution in [2.75, 3.05) is 33.4 Å². The topological polar surface area (TPSA) is 80.7 Å². The summed E-state index contributed by atoms with van der Waals surface area (Å²) in [6, 6.07) is 17.2. The van der Waals surface area contributed by atoms with E-state index in [1.807, 2.05) is 76.7 Å². The summed E-state index contributed by atoms with van der Waals surface area (Å²) in [4.78, 5) is 34.6. The molecule has 1 atom stereocenters. The molecule has 3 heterocycles. The molecule has 1 amide bonds. The molecule has 0 unspecified atom stereocenters. The Bertz CT molecular complexity index is 1270. The van der Waals surface area contributed by atoms with Gasteiger partial charge in [0, 0.05) is 18.8 Å². The van der Waals surface area contributed by atoms with E-state index < -0.39 is 12.0 Å². The molecule has 37 heavy (non-hydrogen) atoms. The molecule has 192 valence electrons. The second-order valence-corrected chi connectivity index (χ2v) is 9.74. The predicted molar refractivity (Wildman–Crippen MR) is 142 cm³/mol. The van der Waals surface area contributed by atoms with Crippen molar-refractivity contribution in [3.63, 3.8) is 0 Å². The average molecular weight is 520 g/mol. The molecule has 1 fully saturated rings. The Labute approximate surface area is 220 Å². The number of esters is 1. The van der Waals surface area contributed by atoms with Crippen molar-refractivity contribution in [3.05, 3.63) is 88.1 Å². The molecule has 0 aromatic heterocycles. The fourth-order valence-electron chi connectivity index (χ4n) is 4.65. The third-order valence-corrected chi connectivity index (χ3v) is 7.41. The van der Waals surface area contributed by atoms with Gasteiger partial charge >= 0.3 is 5.97 Å². The zero-order valence-corrected chi connectivity index (χ0v) is 21.7. The Hall–Kier alpha value is -3.56. The van der Waals surface area contributed by atoms with Gasteiger partial charge in [-0.15, -0.1) is 0 Å². The Morgan fingerprint density at radius 1 is 1.11 bits per heavy atom. The highest BCUT2D eigenvalue weighted by Gasteiger charge is 2.41. The summed E-state index contributed by atoms with van der Waals surface area (Å²) in [5.41, 5.74) is 3.76. The van der Waals surface area contributed by atoms with Gasteiger partial charge in [0.1, 0.15) is 12.4 Å². The maximum Gasteiger partial charge on any atom is 0.338 e. The van der Waals surface area contributed by atoms with E-state index in [0.717, 1.165) is 22.0 Å². The molecule has 0 aliphatic carbocycles. The van der Waals surface area contributed by atoms with E-state index in [4.69, 9.17) is 19.2 Å². The lowest BCUT2D eigenvalue weighted by Crippen LogP contribution is -2.42. The van der Waals surface area contributed by atoms with Crippen LogP contribution < -0.4 is 4.74 Å². The third kappa shape index (κ3) is 5.42. The van der Waals surface area contributed by atoms with Crippen LogP contribution in [0.25, 0.3) is 0 Å². The molecular weight excluding hydrogens is 490 g/mol. The van der Waals surface area contributed by atoms with Crippen LogP contribution in [0.4, 0.5) is 0 Å². The molecule has 1 saturated heterocycles. The van der Waals surface area contributed by atoms with Gasteiger partial charge in [0.2, 0.25) is 5.91 Å². The maximum atomic E-state index is 13.1. The van der Waals surface area contributed by atoms with Crippen molar-refractivity contribution >= 4 is 28.8 Å². The molecule has 0 spiro atoms. The van der Waals surface area contributed by atoms with Crippen LogP contribution in [0.15, 0.2) is 82.0 Å². The van der Waals surface area contributed by atoms with Crippen LogP contribution in [-0.2, 0) is 25.7 Å². The van der Waals surface area contributed by atoms with Crippen LogP contribution in [0.5, 0.6) is 5.75 Å². The number of morpholine rings is 1. The number of amidine groups is 1. The molecule has 9 heteroatoms. The standard InChI is InChI=1S/C28H29N3O5S/c1-19-25(27(33)34-2)26(21-9-6-10-23(15-21)36-17-20-7-4-3-5-8-20)31-22(18-37-28(31)29-19)16-24(32)30-11-13-35-14-12-30/h3-10,15,18,26H,11-14,16-17H2,1-2H3/t26-/m0/s1. The Morgan fingerprint density at radius 2 is 1.89 bits per heavy atom. The van der Waals surface area contributed by atoms with Crippen molar-refractivity contribution in [1.29, 1.82) is 0 Å². The number of nitrogens with zero attached hydrogens (tertiary/aromatic N) is 3. The first-order chi connectivity index (χ1) is 18.0. The van der Waals surface area contributed by atoms with Crippen molar-refractivity contribution in [2.45, 2.75) is 26.0 Å². The number of amides is 1. The molecule has 0 bridgehead atoms. The van der Waals surface area contributed by atoms with Crippen LogP contribution in [0.3, 0.4) is 0 Å². The van der Waals surface area contributed by atoms with Crippen LogP contribution in [0.1, 0.15) is 30.5 Å². The van der Waals surface area contributed by atoms with Crippen molar-refractivity contribution in [3.8, 4) is 5.75 Å². The van der Waals surface area contributed by atoms with E-state index in [2.05, 4.69) is 0 Å². The molecule has 0 saturated carbocycles. The molecule has 3 aliphatic rings. The molecule has 2 aromatic rings. The Kier molecular flexibility index (Phi) is 7.62. The summed E-state index contributed by atoms with van der Waals surface area (Å²) in [6.07, 6.45) is 0.209. The lowest BCUT2D eigenvalue weighted by Gasteiger charge is -2.37. The third-order valence-electron chi connectivity index (χ3n) is 6.52. The fourth-order valence-corrected chi connectivity index (χ4v) is 5.62. The minimum atomic E-state index is -0.501. The van der Waals surface area contributed by atoms with E-state index in [1.54, 1.807) is 0 Å². The first kappa shape index (κ1) is 25.1. The van der Waals surface area contributed by atoms with Gasteiger partial charge in [-0.2, -0.15) is 0 Å². The van der Waals surface area contributed by atoms with E-state index in [1.165, 1.54) is 18.9 Å². The number of hydrogen-bond acceptors (Lipinski definition) is 8. The Balaban J connectivity index is 1.45. The summed E-state index contributed by atoms with van der Waals surface area (Å²) >= 11 is 1.46. The SMILES string of the molecule is COC(=O)C1=C(C)N=C2SC=C(CC(=O)N3CCOCC3)N2[C@H]1c1cccc(OCc2ccccc2)c1. The molecule has 0 radical (unpaired) electrons. The quantitative estimate of drug-likeness (QED) is 0.506. The largest absolute Gasteiger partial charge is 0.489 e. The number of benzene rings is 2. The van der Waals surface area contributed by atoms with Crippen molar-refractivity contribution < 1.29 is 23.8 Å². The summed E-state index contributed by atoms with van der Waals surface area (Å²) in [5.74, 6) is 0.270.